The molecule has 11 aromatic rings. The van der Waals surface area contributed by atoms with E-state index in [0.29, 0.717) is 5.71 Å². The van der Waals surface area contributed by atoms with Crippen molar-refractivity contribution in [1.82, 2.24) is 9.55 Å². The molecule has 0 aliphatic rings. The molecular weight excluding hydrogens is 697 g/mol. The summed E-state index contributed by atoms with van der Waals surface area (Å²) in [5, 5.41) is 10.4. The van der Waals surface area contributed by atoms with Crippen LogP contribution in [0.2, 0.25) is 0 Å². The van der Waals surface area contributed by atoms with E-state index in [-0.39, 0.29) is 0 Å². The van der Waals surface area contributed by atoms with Crippen LogP contribution in [-0.2, 0) is 0 Å². The summed E-state index contributed by atoms with van der Waals surface area (Å²) in [6.07, 6.45) is 3.54. The summed E-state index contributed by atoms with van der Waals surface area (Å²) >= 11 is 0. The Morgan fingerprint density at radius 2 is 1.25 bits per heavy atom. The molecule has 8 aromatic carbocycles. The van der Waals surface area contributed by atoms with E-state index < -0.39 is 0 Å². The molecule has 11 rings (SSSR count). The first kappa shape index (κ1) is 32.8. The molecule has 0 aliphatic carbocycles. The van der Waals surface area contributed by atoms with Crippen LogP contribution in [0.25, 0.3) is 81.9 Å². The van der Waals surface area contributed by atoms with E-state index in [9.17, 15) is 0 Å². The van der Waals surface area contributed by atoms with Crippen molar-refractivity contribution in [2.24, 2.45) is 9.98 Å². The minimum atomic E-state index is 0.667. The highest BCUT2D eigenvalue weighted by Gasteiger charge is 2.21. The molecule has 0 saturated heterocycles. The predicted molar refractivity (Wildman–Crippen MR) is 238 cm³/mol. The Kier molecular flexibility index (Phi) is 7.64. The van der Waals surface area contributed by atoms with Crippen LogP contribution in [0.3, 0.4) is 0 Å². The normalized spacial score (nSPS) is 12.5. The molecule has 0 fully saturated rings. The van der Waals surface area contributed by atoms with Crippen molar-refractivity contribution in [3.63, 3.8) is 0 Å². The molecule has 0 bridgehead atoms. The lowest BCUT2D eigenvalue weighted by Crippen LogP contribution is -2.19. The number of aromatic nitrogens is 2. The Morgan fingerprint density at radius 3 is 2.11 bits per heavy atom. The largest absolute Gasteiger partial charge is 0.462 e. The van der Waals surface area contributed by atoms with Crippen molar-refractivity contribution in [2.45, 2.75) is 0 Å². The van der Waals surface area contributed by atoms with Crippen LogP contribution in [0.5, 0.6) is 0 Å². The second kappa shape index (κ2) is 13.3. The second-order valence-electron chi connectivity index (χ2n) is 14.4. The van der Waals surface area contributed by atoms with E-state index in [2.05, 4.69) is 162 Å². The third-order valence-electron chi connectivity index (χ3n) is 11.2. The number of benzene rings is 8. The van der Waals surface area contributed by atoms with Crippen LogP contribution in [0.15, 0.2) is 203 Å². The number of pyridine rings is 1. The summed E-state index contributed by atoms with van der Waals surface area (Å²) in [6, 6.07) is 62.0. The number of fused-ring (bicyclic) bond motifs is 7. The standard InChI is InChI=1S/C52H34N4O/c1-53-51(52(45-23-8-9-28-54-45)55-46-32-57-50-31-36(26-27-43(46)50)38-19-10-16-33-13-4-5-17-37(33)38)42-22-11-21-40-39(42)20-12-25-48(40)56-47-24-7-6-18-41(47)44-29-34-14-2-3-15-35(34)30-49(44)56/h2-32H,1H3. The fraction of sp³-hybridized carbons (Fsp3) is 0.0192. The molecule has 0 unspecified atom stereocenters. The highest BCUT2D eigenvalue weighted by Crippen LogP contribution is 2.39. The van der Waals surface area contributed by atoms with Gasteiger partial charge in [0.05, 0.1) is 28.1 Å². The number of aliphatic imine (C=N–C) groups is 2. The maximum atomic E-state index is 6.23. The Hall–Kier alpha value is -7.63. The Morgan fingerprint density at radius 1 is 0.526 bits per heavy atom. The lowest BCUT2D eigenvalue weighted by Gasteiger charge is -2.16. The molecule has 0 aliphatic heterocycles. The van der Waals surface area contributed by atoms with Crippen LogP contribution in [-0.4, -0.2) is 28.0 Å². The topological polar surface area (TPSA) is 55.7 Å². The number of furan rings is 1. The average molecular weight is 731 g/mol. The highest BCUT2D eigenvalue weighted by atomic mass is 16.3. The lowest BCUT2D eigenvalue weighted by molar-refractivity contribution is 0.616. The molecule has 57 heavy (non-hydrogen) atoms. The molecule has 0 spiro atoms. The number of hydrogen-bond donors (Lipinski definition) is 0. The molecule has 5 heteroatoms. The van der Waals surface area contributed by atoms with E-state index in [4.69, 9.17) is 19.4 Å². The molecule has 0 atom stereocenters. The van der Waals surface area contributed by atoms with Gasteiger partial charge in [-0.1, -0.05) is 127 Å². The molecule has 0 radical (unpaired) electrons. The minimum Gasteiger partial charge on any atom is -0.462 e. The van der Waals surface area contributed by atoms with Crippen molar-refractivity contribution in [3.8, 4) is 16.8 Å². The summed E-state index contributed by atoms with van der Waals surface area (Å²) in [5.74, 6) is 0. The van der Waals surface area contributed by atoms with Gasteiger partial charge in [0.1, 0.15) is 23.2 Å². The first-order valence-corrected chi connectivity index (χ1v) is 19.1. The first-order valence-electron chi connectivity index (χ1n) is 19.1. The summed E-state index contributed by atoms with van der Waals surface area (Å²) in [7, 11) is 1.83. The van der Waals surface area contributed by atoms with Gasteiger partial charge in [-0.25, -0.2) is 4.99 Å². The smallest absolute Gasteiger partial charge is 0.136 e. The van der Waals surface area contributed by atoms with E-state index in [0.717, 1.165) is 66.7 Å². The quantitative estimate of drug-likeness (QED) is 0.160. The predicted octanol–water partition coefficient (Wildman–Crippen LogP) is 13.3. The zero-order valence-electron chi connectivity index (χ0n) is 31.1. The van der Waals surface area contributed by atoms with Gasteiger partial charge in [-0.3, -0.25) is 9.98 Å². The summed E-state index contributed by atoms with van der Waals surface area (Å²) in [6.45, 7) is 0. The molecule has 0 saturated carbocycles. The van der Waals surface area contributed by atoms with Crippen molar-refractivity contribution in [3.05, 3.63) is 200 Å². The first-order chi connectivity index (χ1) is 28.2. The van der Waals surface area contributed by atoms with Gasteiger partial charge < -0.3 is 8.98 Å². The van der Waals surface area contributed by atoms with Crippen LogP contribution in [0.1, 0.15) is 11.3 Å². The zero-order valence-corrected chi connectivity index (χ0v) is 31.1. The van der Waals surface area contributed by atoms with E-state index >= 15 is 0 Å². The second-order valence-corrected chi connectivity index (χ2v) is 14.4. The Bertz CT molecular complexity index is 3420. The van der Waals surface area contributed by atoms with Crippen molar-refractivity contribution < 1.29 is 4.42 Å². The number of nitrogens with zero attached hydrogens (tertiary/aromatic N) is 4. The van der Waals surface area contributed by atoms with Gasteiger partial charge in [-0.2, -0.15) is 0 Å². The molecular formula is C52H34N4O. The zero-order chi connectivity index (χ0) is 37.9. The van der Waals surface area contributed by atoms with Crippen molar-refractivity contribution >= 4 is 82.2 Å². The van der Waals surface area contributed by atoms with Crippen molar-refractivity contribution in [2.75, 3.05) is 7.05 Å². The van der Waals surface area contributed by atoms with Crippen LogP contribution in [0.4, 0.5) is 5.69 Å². The summed E-state index contributed by atoms with van der Waals surface area (Å²) in [5.41, 5.74) is 10.3. The summed E-state index contributed by atoms with van der Waals surface area (Å²) in [4.78, 5) is 15.1. The van der Waals surface area contributed by atoms with E-state index in [1.165, 1.54) is 37.8 Å². The van der Waals surface area contributed by atoms with Gasteiger partial charge in [-0.05, 0) is 86.6 Å². The maximum Gasteiger partial charge on any atom is 0.136 e. The minimum absolute atomic E-state index is 0.667. The lowest BCUT2D eigenvalue weighted by atomic mass is 9.95. The molecule has 5 nitrogen and oxygen atoms in total. The molecule has 3 aromatic heterocycles. The van der Waals surface area contributed by atoms with E-state index in [1.807, 2.05) is 25.2 Å². The molecule has 0 N–H and O–H groups in total. The third kappa shape index (κ3) is 5.35. The monoisotopic (exact) mass is 730 g/mol. The van der Waals surface area contributed by atoms with Crippen LogP contribution >= 0.6 is 0 Å². The van der Waals surface area contributed by atoms with Gasteiger partial charge in [0.25, 0.3) is 0 Å². The van der Waals surface area contributed by atoms with Gasteiger partial charge in [0.2, 0.25) is 0 Å². The molecule has 268 valence electrons. The third-order valence-corrected chi connectivity index (χ3v) is 11.2. The van der Waals surface area contributed by atoms with E-state index in [1.54, 1.807) is 12.5 Å². The molecule has 3 heterocycles. The molecule has 0 amide bonds. The van der Waals surface area contributed by atoms with Crippen molar-refractivity contribution in [1.29, 1.82) is 0 Å². The van der Waals surface area contributed by atoms with Gasteiger partial charge in [0, 0.05) is 40.4 Å². The highest BCUT2D eigenvalue weighted by molar-refractivity contribution is 6.55. The Balaban J connectivity index is 1.08. The number of para-hydroxylation sites is 1. The van der Waals surface area contributed by atoms with Crippen LogP contribution in [0, 0.1) is 0 Å². The van der Waals surface area contributed by atoms with Gasteiger partial charge in [-0.15, -0.1) is 0 Å². The average Bonchev–Trinajstić information content (AvgIpc) is 3.83. The van der Waals surface area contributed by atoms with Gasteiger partial charge in [0.15, 0.2) is 0 Å². The fourth-order valence-corrected chi connectivity index (χ4v) is 8.56. The number of hydrogen-bond acceptors (Lipinski definition) is 4. The number of rotatable bonds is 6. The summed E-state index contributed by atoms with van der Waals surface area (Å²) < 4.78 is 8.64. The maximum absolute atomic E-state index is 6.23. The Labute approximate surface area is 328 Å². The van der Waals surface area contributed by atoms with Crippen LogP contribution < -0.4 is 0 Å². The van der Waals surface area contributed by atoms with Gasteiger partial charge >= 0.3 is 0 Å². The SMILES string of the molecule is CN=C(C(=Nc1coc2cc(-c3cccc4ccccc34)ccc12)c1ccccn1)c1cccc2c(-n3c4ccccc4c4cc5ccccc5cc43)cccc12. The fourth-order valence-electron chi connectivity index (χ4n) is 8.56.